The van der Waals surface area contributed by atoms with Crippen LogP contribution in [0.1, 0.15) is 36.2 Å². The molecule has 26 heavy (non-hydrogen) atoms. The molecule has 5 heteroatoms. The van der Waals surface area contributed by atoms with Gasteiger partial charge in [-0.15, -0.1) is 0 Å². The summed E-state index contributed by atoms with van der Waals surface area (Å²) in [5.41, 5.74) is 3.15. The fourth-order valence-corrected chi connectivity index (χ4v) is 2.57. The molecule has 0 aromatic heterocycles. The van der Waals surface area contributed by atoms with E-state index in [0.29, 0.717) is 17.7 Å². The van der Waals surface area contributed by atoms with Gasteiger partial charge in [0, 0.05) is 29.9 Å². The van der Waals surface area contributed by atoms with Gasteiger partial charge in [-0.3, -0.25) is 9.59 Å². The number of nitrogens with one attached hydrogen (secondary N) is 2. The van der Waals surface area contributed by atoms with E-state index in [-0.39, 0.29) is 11.8 Å². The van der Waals surface area contributed by atoms with E-state index in [0.717, 1.165) is 30.9 Å². The van der Waals surface area contributed by atoms with Crippen LogP contribution in [-0.4, -0.2) is 36.3 Å². The van der Waals surface area contributed by atoms with Crippen LogP contribution in [0.5, 0.6) is 0 Å². The molecule has 0 atom stereocenters. The number of carbonyl (C=O) groups is 2. The van der Waals surface area contributed by atoms with E-state index in [1.165, 1.54) is 0 Å². The Labute approximate surface area is 155 Å². The first-order valence-electron chi connectivity index (χ1n) is 9.02. The Hall–Kier alpha value is -2.66. The molecule has 2 amide bonds. The van der Waals surface area contributed by atoms with Crippen molar-refractivity contribution >= 4 is 23.2 Å². The molecular weight excluding hydrogens is 326 g/mol. The molecular formula is C21H27N3O2. The lowest BCUT2D eigenvalue weighted by atomic mass is 10.1. The van der Waals surface area contributed by atoms with Crippen molar-refractivity contribution in [3.63, 3.8) is 0 Å². The highest BCUT2D eigenvalue weighted by atomic mass is 16.2. The van der Waals surface area contributed by atoms with Crippen LogP contribution in [0.3, 0.4) is 0 Å². The summed E-state index contributed by atoms with van der Waals surface area (Å²) in [6, 6.07) is 14.6. The van der Waals surface area contributed by atoms with Gasteiger partial charge in [0.1, 0.15) is 0 Å². The first kappa shape index (κ1) is 19.7. The molecule has 0 aliphatic heterocycles. The first-order valence-corrected chi connectivity index (χ1v) is 9.02. The molecule has 0 saturated carbocycles. The zero-order valence-corrected chi connectivity index (χ0v) is 15.7. The minimum atomic E-state index is -0.152. The van der Waals surface area contributed by atoms with E-state index in [9.17, 15) is 9.59 Å². The summed E-state index contributed by atoms with van der Waals surface area (Å²) in [4.78, 5) is 26.4. The number of aryl methyl sites for hydroxylation is 1. The zero-order valence-electron chi connectivity index (χ0n) is 15.7. The van der Waals surface area contributed by atoms with E-state index >= 15 is 0 Å². The third kappa shape index (κ3) is 6.01. The van der Waals surface area contributed by atoms with Crippen molar-refractivity contribution in [2.75, 3.05) is 30.3 Å². The summed E-state index contributed by atoms with van der Waals surface area (Å²) in [7, 11) is 0. The molecule has 2 aromatic carbocycles. The lowest BCUT2D eigenvalue weighted by Crippen LogP contribution is -2.27. The predicted molar refractivity (Wildman–Crippen MR) is 107 cm³/mol. The average Bonchev–Trinajstić information content (AvgIpc) is 2.64. The summed E-state index contributed by atoms with van der Waals surface area (Å²) in [5.74, 6) is -0.158. The molecule has 0 spiro atoms. The Morgan fingerprint density at radius 2 is 1.38 bits per heavy atom. The smallest absolute Gasteiger partial charge is 0.255 e. The maximum atomic E-state index is 12.2. The molecule has 0 saturated heterocycles. The van der Waals surface area contributed by atoms with Gasteiger partial charge >= 0.3 is 0 Å². The van der Waals surface area contributed by atoms with Gasteiger partial charge in [0.2, 0.25) is 5.91 Å². The number of hydrogen-bond acceptors (Lipinski definition) is 3. The molecule has 2 rings (SSSR count). The zero-order chi connectivity index (χ0) is 18.9. The van der Waals surface area contributed by atoms with Gasteiger partial charge in [-0.25, -0.2) is 0 Å². The summed E-state index contributed by atoms with van der Waals surface area (Å²) >= 11 is 0. The van der Waals surface area contributed by atoms with Crippen LogP contribution in [0.4, 0.5) is 11.4 Å². The number of rotatable bonds is 8. The van der Waals surface area contributed by atoms with Gasteiger partial charge < -0.3 is 15.5 Å². The van der Waals surface area contributed by atoms with Gasteiger partial charge in [-0.1, -0.05) is 31.5 Å². The summed E-state index contributed by atoms with van der Waals surface area (Å²) in [5, 5.41) is 5.74. The monoisotopic (exact) mass is 353 g/mol. The minimum absolute atomic E-state index is 0.00617. The van der Waals surface area contributed by atoms with Gasteiger partial charge in [0.15, 0.2) is 0 Å². The number of amides is 2. The Morgan fingerprint density at radius 1 is 0.846 bits per heavy atom. The maximum absolute atomic E-state index is 12.2. The van der Waals surface area contributed by atoms with Crippen LogP contribution in [0.15, 0.2) is 48.5 Å². The van der Waals surface area contributed by atoms with E-state index in [1.807, 2.05) is 19.1 Å². The van der Waals surface area contributed by atoms with Crippen LogP contribution in [0.25, 0.3) is 0 Å². The van der Waals surface area contributed by atoms with Crippen LogP contribution in [-0.2, 0) is 4.79 Å². The van der Waals surface area contributed by atoms with Gasteiger partial charge in [0.05, 0.1) is 0 Å². The second-order valence-electron chi connectivity index (χ2n) is 6.22. The van der Waals surface area contributed by atoms with E-state index < -0.39 is 0 Å². The van der Waals surface area contributed by atoms with Gasteiger partial charge in [-0.2, -0.15) is 0 Å². The topological polar surface area (TPSA) is 61.4 Å². The van der Waals surface area contributed by atoms with Crippen molar-refractivity contribution in [1.82, 2.24) is 4.90 Å². The van der Waals surface area contributed by atoms with Crippen LogP contribution in [0, 0.1) is 6.92 Å². The highest BCUT2D eigenvalue weighted by molar-refractivity contribution is 6.04. The quantitative estimate of drug-likeness (QED) is 0.756. The summed E-state index contributed by atoms with van der Waals surface area (Å²) < 4.78 is 0. The molecule has 0 aliphatic rings. The van der Waals surface area contributed by atoms with Crippen molar-refractivity contribution in [3.8, 4) is 0 Å². The van der Waals surface area contributed by atoms with Crippen LogP contribution >= 0.6 is 0 Å². The van der Waals surface area contributed by atoms with Crippen molar-refractivity contribution in [2.45, 2.75) is 27.2 Å². The molecule has 0 heterocycles. The van der Waals surface area contributed by atoms with E-state index in [1.54, 1.807) is 36.4 Å². The predicted octanol–water partition coefficient (Wildman–Crippen LogP) is 3.92. The van der Waals surface area contributed by atoms with Crippen molar-refractivity contribution in [1.29, 1.82) is 0 Å². The molecule has 0 unspecified atom stereocenters. The third-order valence-electron chi connectivity index (χ3n) is 4.29. The largest absolute Gasteiger partial charge is 0.326 e. The standard InChI is InChI=1S/C21H27N3O2/c1-4-24(5-2)15-14-20(25)22-18-10-12-19(13-11-18)23-21(26)17-8-6-16(3)7-9-17/h6-13H,4-5,14-15H2,1-3H3,(H,22,25)(H,23,26). The Morgan fingerprint density at radius 3 is 1.92 bits per heavy atom. The number of anilines is 2. The maximum Gasteiger partial charge on any atom is 0.255 e. The van der Waals surface area contributed by atoms with Gasteiger partial charge in [0.25, 0.3) is 5.91 Å². The molecule has 2 aromatic rings. The molecule has 5 nitrogen and oxygen atoms in total. The fraction of sp³-hybridized carbons (Fsp3) is 0.333. The van der Waals surface area contributed by atoms with Gasteiger partial charge in [-0.05, 0) is 56.4 Å². The SMILES string of the molecule is CCN(CC)CCC(=O)Nc1ccc(NC(=O)c2ccc(C)cc2)cc1. The molecule has 0 radical (unpaired) electrons. The summed E-state index contributed by atoms with van der Waals surface area (Å²) in [6.07, 6.45) is 0.466. The number of nitrogens with zero attached hydrogens (tertiary/aromatic N) is 1. The van der Waals surface area contributed by atoms with Crippen LogP contribution in [0.2, 0.25) is 0 Å². The fourth-order valence-electron chi connectivity index (χ4n) is 2.57. The number of benzene rings is 2. The minimum Gasteiger partial charge on any atom is -0.326 e. The molecule has 0 fully saturated rings. The van der Waals surface area contributed by atoms with Crippen molar-refractivity contribution in [2.24, 2.45) is 0 Å². The van der Waals surface area contributed by atoms with Crippen molar-refractivity contribution in [3.05, 3.63) is 59.7 Å². The van der Waals surface area contributed by atoms with E-state index in [4.69, 9.17) is 0 Å². The molecule has 0 aliphatic carbocycles. The highest BCUT2D eigenvalue weighted by Gasteiger charge is 2.08. The lowest BCUT2D eigenvalue weighted by molar-refractivity contribution is -0.116. The summed E-state index contributed by atoms with van der Waals surface area (Å²) in [6.45, 7) is 8.80. The Kier molecular flexibility index (Phi) is 7.36. The van der Waals surface area contributed by atoms with Crippen molar-refractivity contribution < 1.29 is 9.59 Å². The third-order valence-corrected chi connectivity index (χ3v) is 4.29. The van der Waals surface area contributed by atoms with Crippen LogP contribution < -0.4 is 10.6 Å². The highest BCUT2D eigenvalue weighted by Crippen LogP contribution is 2.15. The second kappa shape index (κ2) is 9.73. The average molecular weight is 353 g/mol. The molecule has 0 bridgehead atoms. The second-order valence-corrected chi connectivity index (χ2v) is 6.22. The molecule has 138 valence electrons. The number of hydrogen-bond donors (Lipinski definition) is 2. The normalized spacial score (nSPS) is 10.6. The lowest BCUT2D eigenvalue weighted by Gasteiger charge is -2.17. The number of carbonyl (C=O) groups excluding carboxylic acids is 2. The first-order chi connectivity index (χ1) is 12.5. The molecule has 2 N–H and O–H groups in total. The Bertz CT molecular complexity index is 720. The van der Waals surface area contributed by atoms with E-state index in [2.05, 4.69) is 29.4 Å². The Balaban J connectivity index is 1.86.